The third kappa shape index (κ3) is 3.89. The average Bonchev–Trinajstić information content (AvgIpc) is 3.10. The second kappa shape index (κ2) is 7.97. The zero-order chi connectivity index (χ0) is 20.3. The van der Waals surface area contributed by atoms with Crippen molar-refractivity contribution in [3.63, 3.8) is 0 Å². The Morgan fingerprint density at radius 2 is 2.07 bits per heavy atom. The molecule has 0 aliphatic rings. The topological polar surface area (TPSA) is 128 Å². The number of aromatic amines is 1. The van der Waals surface area contributed by atoms with E-state index in [1.165, 1.54) is 19.2 Å². The Kier molecular flexibility index (Phi) is 5.46. The zero-order valence-electron chi connectivity index (χ0n) is 14.5. The van der Waals surface area contributed by atoms with Crippen LogP contribution in [0, 0.1) is 10.1 Å². The van der Waals surface area contributed by atoms with Crippen LogP contribution in [-0.2, 0) is 9.53 Å². The van der Waals surface area contributed by atoms with E-state index in [1.54, 1.807) is 24.3 Å². The highest BCUT2D eigenvalue weighted by Crippen LogP contribution is 2.29. The fourth-order valence-corrected chi connectivity index (χ4v) is 2.69. The van der Waals surface area contributed by atoms with Gasteiger partial charge in [0.05, 0.1) is 28.1 Å². The van der Waals surface area contributed by atoms with Gasteiger partial charge in [-0.25, -0.2) is 9.78 Å². The van der Waals surface area contributed by atoms with Crippen molar-refractivity contribution in [2.75, 3.05) is 13.7 Å². The Hall–Kier alpha value is -3.59. The third-order valence-corrected chi connectivity index (χ3v) is 4.09. The standard InChI is InChI=1S/C18H14ClN3O6/c1-27-18(24)16(17-20-12-4-2-3-5-13(12)21-17)14(23)9-28-15-7-6-10(22(25)26)8-11(15)19/h2-8,23H,9H2,1H3,(H,20,21)/b16-14+. The van der Waals surface area contributed by atoms with E-state index in [0.29, 0.717) is 11.0 Å². The number of aliphatic hydroxyl groups is 1. The number of carbonyl (C=O) groups excluding carboxylic acids is 1. The maximum Gasteiger partial charge on any atom is 0.345 e. The predicted molar refractivity (Wildman–Crippen MR) is 101 cm³/mol. The lowest BCUT2D eigenvalue weighted by Gasteiger charge is -2.10. The number of aromatic nitrogens is 2. The predicted octanol–water partition coefficient (Wildman–Crippen LogP) is 3.65. The summed E-state index contributed by atoms with van der Waals surface area (Å²) >= 11 is 5.96. The van der Waals surface area contributed by atoms with Crippen LogP contribution in [0.25, 0.3) is 16.6 Å². The number of carbonyl (C=O) groups is 1. The number of nitro benzene ring substituents is 1. The first-order valence-electron chi connectivity index (χ1n) is 7.93. The molecule has 0 amide bonds. The van der Waals surface area contributed by atoms with Gasteiger partial charge in [-0.2, -0.15) is 0 Å². The van der Waals surface area contributed by atoms with E-state index in [-0.39, 0.29) is 27.9 Å². The van der Waals surface area contributed by atoms with Gasteiger partial charge in [0.15, 0.2) is 0 Å². The van der Waals surface area contributed by atoms with E-state index in [4.69, 9.17) is 21.1 Å². The fourth-order valence-electron chi connectivity index (χ4n) is 2.46. The van der Waals surface area contributed by atoms with E-state index in [0.717, 1.165) is 6.07 Å². The minimum atomic E-state index is -0.810. The van der Waals surface area contributed by atoms with Gasteiger partial charge >= 0.3 is 5.97 Å². The lowest BCUT2D eigenvalue weighted by molar-refractivity contribution is -0.384. The van der Waals surface area contributed by atoms with Crippen LogP contribution in [0.4, 0.5) is 5.69 Å². The molecule has 0 aliphatic heterocycles. The molecule has 144 valence electrons. The summed E-state index contributed by atoms with van der Waals surface area (Å²) in [5.41, 5.74) is 0.878. The number of non-ortho nitro benzene ring substituents is 1. The summed E-state index contributed by atoms with van der Waals surface area (Å²) in [6.07, 6.45) is 0. The number of methoxy groups -OCH3 is 1. The van der Waals surface area contributed by atoms with E-state index in [9.17, 15) is 20.0 Å². The minimum Gasteiger partial charge on any atom is -0.508 e. The second-order valence-electron chi connectivity index (χ2n) is 5.58. The Morgan fingerprint density at radius 1 is 1.32 bits per heavy atom. The third-order valence-electron chi connectivity index (χ3n) is 3.79. The largest absolute Gasteiger partial charge is 0.508 e. The number of nitrogens with one attached hydrogen (secondary N) is 1. The van der Waals surface area contributed by atoms with E-state index in [2.05, 4.69) is 9.97 Å². The molecule has 1 aromatic heterocycles. The van der Waals surface area contributed by atoms with E-state index in [1.807, 2.05) is 0 Å². The number of fused-ring (bicyclic) bond motifs is 1. The van der Waals surface area contributed by atoms with Crippen LogP contribution in [0.2, 0.25) is 5.02 Å². The molecule has 0 atom stereocenters. The smallest absolute Gasteiger partial charge is 0.345 e. The van der Waals surface area contributed by atoms with Gasteiger partial charge in [-0.15, -0.1) is 0 Å². The molecule has 0 saturated heterocycles. The van der Waals surface area contributed by atoms with Crippen molar-refractivity contribution in [1.82, 2.24) is 9.97 Å². The number of esters is 1. The molecule has 1 heterocycles. The Labute approximate surface area is 163 Å². The van der Waals surface area contributed by atoms with Crippen LogP contribution >= 0.6 is 11.6 Å². The number of benzene rings is 2. The van der Waals surface area contributed by atoms with Crippen LogP contribution in [0.1, 0.15) is 5.82 Å². The number of imidazole rings is 1. The van der Waals surface area contributed by atoms with Gasteiger partial charge in [-0.3, -0.25) is 10.1 Å². The summed E-state index contributed by atoms with van der Waals surface area (Å²) in [6, 6.07) is 10.7. The van der Waals surface area contributed by atoms with Crippen LogP contribution < -0.4 is 4.74 Å². The Balaban J connectivity index is 1.90. The first kappa shape index (κ1) is 19.2. The number of hydrogen-bond acceptors (Lipinski definition) is 7. The molecule has 0 aliphatic carbocycles. The van der Waals surface area contributed by atoms with Gasteiger partial charge in [-0.05, 0) is 18.2 Å². The number of H-pyrrole nitrogens is 1. The lowest BCUT2D eigenvalue weighted by Crippen LogP contribution is -2.12. The number of para-hydroxylation sites is 2. The maximum absolute atomic E-state index is 12.2. The summed E-state index contributed by atoms with van der Waals surface area (Å²) in [5.74, 6) is -1.04. The molecule has 0 bridgehead atoms. The molecule has 10 heteroatoms. The highest BCUT2D eigenvalue weighted by atomic mass is 35.5. The number of ether oxygens (including phenoxy) is 2. The summed E-state index contributed by atoms with van der Waals surface area (Å²) in [6.45, 7) is -0.432. The monoisotopic (exact) mass is 403 g/mol. The van der Waals surface area contributed by atoms with Crippen molar-refractivity contribution in [2.45, 2.75) is 0 Å². The molecular weight excluding hydrogens is 390 g/mol. The molecule has 0 radical (unpaired) electrons. The van der Waals surface area contributed by atoms with Crippen LogP contribution in [0.5, 0.6) is 5.75 Å². The van der Waals surface area contributed by atoms with E-state index < -0.39 is 23.3 Å². The maximum atomic E-state index is 12.2. The first-order chi connectivity index (χ1) is 13.4. The number of halogens is 1. The van der Waals surface area contributed by atoms with Crippen molar-refractivity contribution >= 4 is 39.9 Å². The highest BCUT2D eigenvalue weighted by molar-refractivity contribution is 6.32. The van der Waals surface area contributed by atoms with Crippen molar-refractivity contribution in [3.05, 3.63) is 69.2 Å². The first-order valence-corrected chi connectivity index (χ1v) is 8.30. The number of hydrogen-bond donors (Lipinski definition) is 2. The van der Waals surface area contributed by atoms with Gasteiger partial charge in [0, 0.05) is 12.1 Å². The highest BCUT2D eigenvalue weighted by Gasteiger charge is 2.23. The molecular formula is C18H14ClN3O6. The molecule has 9 nitrogen and oxygen atoms in total. The fraction of sp³-hybridized carbons (Fsp3) is 0.111. The van der Waals surface area contributed by atoms with Crippen LogP contribution in [0.3, 0.4) is 0 Å². The van der Waals surface area contributed by atoms with Crippen LogP contribution in [0.15, 0.2) is 48.2 Å². The van der Waals surface area contributed by atoms with Gasteiger partial charge in [-0.1, -0.05) is 23.7 Å². The normalized spacial score (nSPS) is 11.8. The van der Waals surface area contributed by atoms with Gasteiger partial charge in [0.25, 0.3) is 5.69 Å². The average molecular weight is 404 g/mol. The quantitative estimate of drug-likeness (QED) is 0.211. The van der Waals surface area contributed by atoms with Crippen molar-refractivity contribution in [3.8, 4) is 5.75 Å². The van der Waals surface area contributed by atoms with Crippen molar-refractivity contribution < 1.29 is 24.3 Å². The molecule has 0 saturated carbocycles. The number of rotatable bonds is 6. The molecule has 3 aromatic rings. The molecule has 2 aromatic carbocycles. The summed E-state index contributed by atoms with van der Waals surface area (Å²) in [7, 11) is 1.17. The number of aliphatic hydroxyl groups excluding tert-OH is 1. The lowest BCUT2D eigenvalue weighted by atomic mass is 10.2. The second-order valence-corrected chi connectivity index (χ2v) is 5.98. The van der Waals surface area contributed by atoms with Gasteiger partial charge in [0.2, 0.25) is 0 Å². The minimum absolute atomic E-state index is 0.00893. The zero-order valence-corrected chi connectivity index (χ0v) is 15.3. The number of nitrogens with zero attached hydrogens (tertiary/aromatic N) is 2. The molecule has 3 rings (SSSR count). The summed E-state index contributed by atoms with van der Waals surface area (Å²) in [5, 5.41) is 21.2. The van der Waals surface area contributed by atoms with Gasteiger partial charge in [0.1, 0.15) is 29.5 Å². The van der Waals surface area contributed by atoms with Crippen molar-refractivity contribution in [2.24, 2.45) is 0 Å². The van der Waals surface area contributed by atoms with Crippen LogP contribution in [-0.4, -0.2) is 39.7 Å². The summed E-state index contributed by atoms with van der Waals surface area (Å²) in [4.78, 5) is 29.5. The van der Waals surface area contributed by atoms with E-state index >= 15 is 0 Å². The van der Waals surface area contributed by atoms with Crippen molar-refractivity contribution in [1.29, 1.82) is 0 Å². The van der Waals surface area contributed by atoms with Gasteiger partial charge < -0.3 is 19.6 Å². The molecule has 0 unspecified atom stereocenters. The summed E-state index contributed by atoms with van der Waals surface area (Å²) < 4.78 is 10.1. The number of nitro groups is 1. The molecule has 0 spiro atoms. The molecule has 28 heavy (non-hydrogen) atoms. The Bertz CT molecular complexity index is 1060. The molecule has 0 fully saturated rings. The molecule has 2 N–H and O–H groups in total. The Morgan fingerprint density at radius 3 is 2.71 bits per heavy atom. The SMILES string of the molecule is COC(=O)/C(=C(/O)COc1ccc([N+](=O)[O-])cc1Cl)c1nc2ccccc2[nH]1.